The van der Waals surface area contributed by atoms with Gasteiger partial charge in [-0.3, -0.25) is 4.79 Å². The molecule has 1 saturated heterocycles. The number of thioether (sulfide) groups is 1. The average Bonchev–Trinajstić information content (AvgIpc) is 2.76. The number of nitrogens with one attached hydrogen (secondary N) is 1. The first-order valence-corrected chi connectivity index (χ1v) is 8.58. The molecule has 2 rings (SSSR count). The number of hydrogen-bond donors (Lipinski definition) is 1. The summed E-state index contributed by atoms with van der Waals surface area (Å²) in [5.41, 5.74) is 0. The minimum Gasteiger partial charge on any atom is -0.355 e. The summed E-state index contributed by atoms with van der Waals surface area (Å²) in [6.07, 6.45) is 7.36. The third kappa shape index (κ3) is 3.40. The molecule has 3 atom stereocenters. The third-order valence-corrected chi connectivity index (χ3v) is 6.77. The molecule has 0 aromatic rings. The highest BCUT2D eigenvalue weighted by Gasteiger charge is 2.37. The number of hydrogen-bond acceptors (Lipinski definition) is 2. The first kappa shape index (κ1) is 13.7. The van der Waals surface area contributed by atoms with Crippen LogP contribution in [0.25, 0.3) is 0 Å². The van der Waals surface area contributed by atoms with E-state index in [-0.39, 0.29) is 10.7 Å². The van der Waals surface area contributed by atoms with Crippen molar-refractivity contribution in [2.24, 2.45) is 5.92 Å². The van der Waals surface area contributed by atoms with Crippen LogP contribution >= 0.6 is 27.7 Å². The van der Waals surface area contributed by atoms with Gasteiger partial charge in [-0.15, -0.1) is 11.8 Å². The summed E-state index contributed by atoms with van der Waals surface area (Å²) >= 11 is 5.56. The van der Waals surface area contributed by atoms with Crippen LogP contribution < -0.4 is 5.32 Å². The van der Waals surface area contributed by atoms with Gasteiger partial charge in [0.25, 0.3) is 0 Å². The molecule has 1 aliphatic heterocycles. The molecular weight excluding hydrogens is 298 g/mol. The Morgan fingerprint density at radius 2 is 2.18 bits per heavy atom. The fraction of sp³-hybridized carbons (Fsp3) is 0.923. The molecule has 1 aliphatic carbocycles. The molecule has 3 unspecified atom stereocenters. The normalized spacial score (nSPS) is 38.0. The molecule has 4 heteroatoms. The Bertz CT molecular complexity index is 279. The van der Waals surface area contributed by atoms with E-state index < -0.39 is 0 Å². The number of alkyl halides is 1. The number of amides is 1. The molecule has 0 radical (unpaired) electrons. The van der Waals surface area contributed by atoms with E-state index in [4.69, 9.17) is 0 Å². The fourth-order valence-corrected chi connectivity index (χ4v) is 4.77. The fourth-order valence-electron chi connectivity index (χ4n) is 2.76. The average molecular weight is 320 g/mol. The second-order valence-corrected chi connectivity index (χ2v) is 8.23. The summed E-state index contributed by atoms with van der Waals surface area (Å²) in [5.74, 6) is 2.02. The smallest absolute Gasteiger partial charge is 0.235 e. The Morgan fingerprint density at radius 3 is 2.82 bits per heavy atom. The SMILES string of the molecule is CC1(C(=O)NCC2CCCCC2Br)CCCS1. The molecule has 2 aliphatic rings. The lowest BCUT2D eigenvalue weighted by Gasteiger charge is -2.29. The second-order valence-electron chi connectivity index (χ2n) is 5.45. The highest BCUT2D eigenvalue weighted by atomic mass is 79.9. The van der Waals surface area contributed by atoms with Gasteiger partial charge < -0.3 is 5.32 Å². The van der Waals surface area contributed by atoms with Crippen molar-refractivity contribution in [3.8, 4) is 0 Å². The van der Waals surface area contributed by atoms with Crippen LogP contribution in [0.2, 0.25) is 0 Å². The predicted octanol–water partition coefficient (Wildman–Crippen LogP) is 3.34. The van der Waals surface area contributed by atoms with Crippen LogP contribution in [0.5, 0.6) is 0 Å². The molecule has 17 heavy (non-hydrogen) atoms. The van der Waals surface area contributed by atoms with Crippen molar-refractivity contribution in [1.82, 2.24) is 5.32 Å². The zero-order valence-electron chi connectivity index (χ0n) is 10.5. The number of carbonyl (C=O) groups is 1. The Morgan fingerprint density at radius 1 is 1.41 bits per heavy atom. The summed E-state index contributed by atoms with van der Waals surface area (Å²) in [6, 6.07) is 0. The topological polar surface area (TPSA) is 29.1 Å². The zero-order chi connectivity index (χ0) is 12.3. The van der Waals surface area contributed by atoms with Crippen LogP contribution in [0, 0.1) is 5.92 Å². The summed E-state index contributed by atoms with van der Waals surface area (Å²) in [5, 5.41) is 3.18. The van der Waals surface area contributed by atoms with E-state index in [9.17, 15) is 4.79 Å². The van der Waals surface area contributed by atoms with Crippen LogP contribution in [0.15, 0.2) is 0 Å². The molecule has 0 spiro atoms. The van der Waals surface area contributed by atoms with Crippen molar-refractivity contribution in [3.63, 3.8) is 0 Å². The van der Waals surface area contributed by atoms with E-state index in [0.717, 1.165) is 18.7 Å². The maximum absolute atomic E-state index is 12.2. The molecule has 1 heterocycles. The number of halogens is 1. The first-order chi connectivity index (χ1) is 8.12. The first-order valence-electron chi connectivity index (χ1n) is 6.68. The molecule has 2 nitrogen and oxygen atoms in total. The lowest BCUT2D eigenvalue weighted by molar-refractivity contribution is -0.123. The lowest BCUT2D eigenvalue weighted by Crippen LogP contribution is -2.43. The van der Waals surface area contributed by atoms with E-state index in [1.54, 1.807) is 0 Å². The van der Waals surface area contributed by atoms with E-state index in [1.165, 1.54) is 32.1 Å². The lowest BCUT2D eigenvalue weighted by atomic mass is 9.89. The van der Waals surface area contributed by atoms with Crippen LogP contribution in [0.1, 0.15) is 45.4 Å². The molecular formula is C13H22BrNOS. The minimum absolute atomic E-state index is 0.156. The molecule has 98 valence electrons. The quantitative estimate of drug-likeness (QED) is 0.808. The molecule has 1 amide bonds. The largest absolute Gasteiger partial charge is 0.355 e. The second kappa shape index (κ2) is 5.96. The van der Waals surface area contributed by atoms with Crippen molar-refractivity contribution in [3.05, 3.63) is 0 Å². The van der Waals surface area contributed by atoms with E-state index in [2.05, 4.69) is 28.2 Å². The van der Waals surface area contributed by atoms with Crippen molar-refractivity contribution in [2.45, 2.75) is 55.0 Å². The predicted molar refractivity (Wildman–Crippen MR) is 77.8 cm³/mol. The van der Waals surface area contributed by atoms with Gasteiger partial charge >= 0.3 is 0 Å². The zero-order valence-corrected chi connectivity index (χ0v) is 12.9. The molecule has 0 aromatic carbocycles. The Labute approximate surface area is 117 Å². The Kier molecular flexibility index (Phi) is 4.81. The standard InChI is InChI=1S/C13H22BrNOS/c1-13(7-4-8-17-13)12(16)15-9-10-5-2-3-6-11(10)14/h10-11H,2-9H2,1H3,(H,15,16). The van der Waals surface area contributed by atoms with Gasteiger partial charge in [0, 0.05) is 11.4 Å². The van der Waals surface area contributed by atoms with Crippen LogP contribution in [-0.2, 0) is 4.79 Å². The highest BCUT2D eigenvalue weighted by Crippen LogP contribution is 2.38. The van der Waals surface area contributed by atoms with E-state index in [0.29, 0.717) is 10.7 Å². The Hall–Kier alpha value is 0.300. The summed E-state index contributed by atoms with van der Waals surface area (Å²) in [7, 11) is 0. The van der Waals surface area contributed by atoms with Crippen molar-refractivity contribution >= 4 is 33.6 Å². The maximum atomic E-state index is 12.2. The van der Waals surface area contributed by atoms with E-state index in [1.807, 2.05) is 11.8 Å². The van der Waals surface area contributed by atoms with Crippen LogP contribution in [-0.4, -0.2) is 27.8 Å². The molecule has 2 fully saturated rings. The van der Waals surface area contributed by atoms with Gasteiger partial charge in [-0.1, -0.05) is 28.8 Å². The Balaban J connectivity index is 1.79. The number of rotatable bonds is 3. The van der Waals surface area contributed by atoms with Crippen molar-refractivity contribution in [2.75, 3.05) is 12.3 Å². The summed E-state index contributed by atoms with van der Waals surface area (Å²) in [6.45, 7) is 2.94. The van der Waals surface area contributed by atoms with Crippen LogP contribution in [0.3, 0.4) is 0 Å². The van der Waals surface area contributed by atoms with Gasteiger partial charge in [-0.05, 0) is 44.3 Å². The van der Waals surface area contributed by atoms with Crippen LogP contribution in [0.4, 0.5) is 0 Å². The van der Waals surface area contributed by atoms with Gasteiger partial charge in [-0.2, -0.15) is 0 Å². The van der Waals surface area contributed by atoms with Gasteiger partial charge in [0.2, 0.25) is 5.91 Å². The highest BCUT2D eigenvalue weighted by molar-refractivity contribution is 9.09. The van der Waals surface area contributed by atoms with Crippen molar-refractivity contribution < 1.29 is 4.79 Å². The van der Waals surface area contributed by atoms with E-state index >= 15 is 0 Å². The third-order valence-electron chi connectivity index (χ3n) is 4.04. The monoisotopic (exact) mass is 319 g/mol. The molecule has 1 N–H and O–H groups in total. The molecule has 1 saturated carbocycles. The minimum atomic E-state index is -0.156. The van der Waals surface area contributed by atoms with Gasteiger partial charge in [0.15, 0.2) is 0 Å². The van der Waals surface area contributed by atoms with Gasteiger partial charge in [0.1, 0.15) is 0 Å². The summed E-state index contributed by atoms with van der Waals surface area (Å²) in [4.78, 5) is 12.8. The summed E-state index contributed by atoms with van der Waals surface area (Å²) < 4.78 is -0.156. The maximum Gasteiger partial charge on any atom is 0.235 e. The number of carbonyl (C=O) groups excluding carboxylic acids is 1. The van der Waals surface area contributed by atoms with Crippen molar-refractivity contribution in [1.29, 1.82) is 0 Å². The molecule has 0 bridgehead atoms. The van der Waals surface area contributed by atoms with Gasteiger partial charge in [0.05, 0.1) is 4.75 Å². The van der Waals surface area contributed by atoms with Gasteiger partial charge in [-0.25, -0.2) is 0 Å². The molecule has 0 aromatic heterocycles.